The smallest absolute Gasteiger partial charge is 0.404 e. The Labute approximate surface area is 95.1 Å². The molecule has 16 heavy (non-hydrogen) atoms. The maximum atomic E-state index is 11.8. The van der Waals surface area contributed by atoms with E-state index in [1.54, 1.807) is 0 Å². The number of nitrogens with one attached hydrogen (secondary N) is 1. The van der Waals surface area contributed by atoms with E-state index < -0.39 is 6.09 Å². The highest BCUT2D eigenvalue weighted by Gasteiger charge is 2.22. The van der Waals surface area contributed by atoms with Crippen LogP contribution in [0.4, 0.5) is 4.79 Å². The van der Waals surface area contributed by atoms with Gasteiger partial charge in [-0.25, -0.2) is 4.79 Å². The molecule has 0 aromatic heterocycles. The molecule has 0 bridgehead atoms. The molecule has 6 heteroatoms. The second-order valence-electron chi connectivity index (χ2n) is 3.88. The van der Waals surface area contributed by atoms with Crippen molar-refractivity contribution in [1.82, 2.24) is 10.2 Å². The van der Waals surface area contributed by atoms with Gasteiger partial charge in [0.15, 0.2) is 0 Å². The largest absolute Gasteiger partial charge is 0.448 e. The van der Waals surface area contributed by atoms with Gasteiger partial charge in [0.05, 0.1) is 6.04 Å². The topological polar surface area (TPSA) is 84.7 Å². The minimum atomic E-state index is -0.791. The van der Waals surface area contributed by atoms with Crippen molar-refractivity contribution in [2.24, 2.45) is 5.73 Å². The van der Waals surface area contributed by atoms with Crippen molar-refractivity contribution in [3.8, 4) is 0 Å². The summed E-state index contributed by atoms with van der Waals surface area (Å²) in [6.45, 7) is 4.13. The number of hydrogen-bond acceptors (Lipinski definition) is 4. The Morgan fingerprint density at radius 2 is 2.06 bits per heavy atom. The monoisotopic (exact) mass is 229 g/mol. The number of nitrogens with zero attached hydrogens (tertiary/aromatic N) is 1. The first kappa shape index (κ1) is 12.8. The van der Waals surface area contributed by atoms with Gasteiger partial charge in [-0.05, 0) is 19.8 Å². The number of rotatable bonds is 5. The summed E-state index contributed by atoms with van der Waals surface area (Å²) in [6, 6.07) is -0.241. The van der Waals surface area contributed by atoms with Crippen molar-refractivity contribution in [2.45, 2.75) is 25.8 Å². The summed E-state index contributed by atoms with van der Waals surface area (Å²) in [7, 11) is 0. The molecule has 0 aliphatic carbocycles. The highest BCUT2D eigenvalue weighted by atomic mass is 16.5. The van der Waals surface area contributed by atoms with E-state index in [1.165, 1.54) is 0 Å². The molecule has 0 spiro atoms. The van der Waals surface area contributed by atoms with Crippen LogP contribution in [0, 0.1) is 0 Å². The summed E-state index contributed by atoms with van der Waals surface area (Å²) in [5, 5.41) is 2.99. The Morgan fingerprint density at radius 3 is 2.62 bits per heavy atom. The second kappa shape index (κ2) is 6.32. The minimum Gasteiger partial charge on any atom is -0.448 e. The number of primary amides is 1. The number of carbonyl (C=O) groups excluding carboxylic acids is 2. The second-order valence-corrected chi connectivity index (χ2v) is 3.88. The molecule has 1 atom stereocenters. The van der Waals surface area contributed by atoms with Gasteiger partial charge in [0, 0.05) is 19.6 Å². The van der Waals surface area contributed by atoms with Crippen LogP contribution in [-0.2, 0) is 9.53 Å². The highest BCUT2D eigenvalue weighted by molar-refractivity contribution is 5.81. The van der Waals surface area contributed by atoms with Crippen LogP contribution < -0.4 is 11.1 Å². The molecule has 1 saturated heterocycles. The van der Waals surface area contributed by atoms with E-state index in [0.29, 0.717) is 6.54 Å². The van der Waals surface area contributed by atoms with Gasteiger partial charge in [-0.3, -0.25) is 4.79 Å². The molecule has 2 amide bonds. The first-order chi connectivity index (χ1) is 7.61. The quantitative estimate of drug-likeness (QED) is 0.633. The molecule has 0 radical (unpaired) electrons. The summed E-state index contributed by atoms with van der Waals surface area (Å²) in [4.78, 5) is 23.9. The van der Waals surface area contributed by atoms with Crippen LogP contribution in [0.2, 0.25) is 0 Å². The van der Waals surface area contributed by atoms with Gasteiger partial charge >= 0.3 is 6.09 Å². The minimum absolute atomic E-state index is 0.108. The molecular weight excluding hydrogens is 210 g/mol. The molecule has 0 aromatic carbocycles. The first-order valence-corrected chi connectivity index (χ1v) is 5.55. The van der Waals surface area contributed by atoms with E-state index in [1.807, 2.05) is 11.8 Å². The molecule has 92 valence electrons. The van der Waals surface area contributed by atoms with Crippen LogP contribution >= 0.6 is 0 Å². The van der Waals surface area contributed by atoms with E-state index in [0.717, 1.165) is 25.9 Å². The molecule has 0 saturated carbocycles. The summed E-state index contributed by atoms with van der Waals surface area (Å²) < 4.78 is 4.55. The average Bonchev–Trinajstić information content (AvgIpc) is 2.76. The van der Waals surface area contributed by atoms with E-state index in [4.69, 9.17) is 5.73 Å². The average molecular weight is 229 g/mol. The summed E-state index contributed by atoms with van der Waals surface area (Å²) in [6.07, 6.45) is 1.38. The molecule has 3 N–H and O–H groups in total. The Morgan fingerprint density at radius 1 is 1.44 bits per heavy atom. The number of amides is 2. The van der Waals surface area contributed by atoms with E-state index in [2.05, 4.69) is 10.1 Å². The van der Waals surface area contributed by atoms with Gasteiger partial charge in [0.2, 0.25) is 5.91 Å². The lowest BCUT2D eigenvalue weighted by molar-refractivity contribution is -0.131. The van der Waals surface area contributed by atoms with Gasteiger partial charge < -0.3 is 20.7 Å². The third-order valence-corrected chi connectivity index (χ3v) is 2.59. The van der Waals surface area contributed by atoms with Gasteiger partial charge in [0.25, 0.3) is 0 Å². The first-order valence-electron chi connectivity index (χ1n) is 5.55. The van der Waals surface area contributed by atoms with Crippen LogP contribution in [0.25, 0.3) is 0 Å². The normalized spacial score (nSPS) is 17.2. The molecule has 1 fully saturated rings. The molecule has 1 aliphatic rings. The maximum Gasteiger partial charge on any atom is 0.404 e. The highest BCUT2D eigenvalue weighted by Crippen LogP contribution is 2.08. The molecule has 6 nitrogen and oxygen atoms in total. The zero-order valence-corrected chi connectivity index (χ0v) is 9.57. The number of hydrogen-bond donors (Lipinski definition) is 2. The fourth-order valence-corrected chi connectivity index (χ4v) is 1.73. The maximum absolute atomic E-state index is 11.8. The lowest BCUT2D eigenvalue weighted by Gasteiger charge is -2.20. The number of carbonyl (C=O) groups is 2. The Bertz CT molecular complexity index is 252. The zero-order chi connectivity index (χ0) is 12.0. The third-order valence-electron chi connectivity index (χ3n) is 2.59. The van der Waals surface area contributed by atoms with Gasteiger partial charge in [-0.2, -0.15) is 0 Å². The summed E-state index contributed by atoms with van der Waals surface area (Å²) in [5.41, 5.74) is 4.80. The van der Waals surface area contributed by atoms with E-state index >= 15 is 0 Å². The third kappa shape index (κ3) is 4.06. The van der Waals surface area contributed by atoms with Crippen LogP contribution in [0.3, 0.4) is 0 Å². The van der Waals surface area contributed by atoms with Crippen LogP contribution in [0.15, 0.2) is 0 Å². The van der Waals surface area contributed by atoms with Crippen LogP contribution in [0.1, 0.15) is 19.8 Å². The molecule has 0 aromatic rings. The lowest BCUT2D eigenvalue weighted by Crippen LogP contribution is -2.44. The Kier molecular flexibility index (Phi) is 5.04. The predicted molar refractivity (Wildman–Crippen MR) is 58.8 cm³/mol. The number of likely N-dealkylation sites (tertiary alicyclic amines) is 1. The predicted octanol–water partition coefficient (Wildman–Crippen LogP) is -0.318. The zero-order valence-electron chi connectivity index (χ0n) is 9.57. The number of ether oxygens (including phenoxy) is 1. The SMILES string of the molecule is CC(NCCOC(N)=O)C(=O)N1CCCC1. The molecule has 1 aliphatic heterocycles. The fourth-order valence-electron chi connectivity index (χ4n) is 1.73. The molecule has 1 heterocycles. The summed E-state index contributed by atoms with van der Waals surface area (Å²) >= 11 is 0. The van der Waals surface area contributed by atoms with Crippen molar-refractivity contribution in [3.63, 3.8) is 0 Å². The van der Waals surface area contributed by atoms with E-state index in [-0.39, 0.29) is 18.6 Å². The van der Waals surface area contributed by atoms with Crippen LogP contribution in [-0.4, -0.2) is 49.2 Å². The lowest BCUT2D eigenvalue weighted by atomic mass is 10.3. The van der Waals surface area contributed by atoms with E-state index in [9.17, 15) is 9.59 Å². The van der Waals surface area contributed by atoms with Crippen molar-refractivity contribution in [2.75, 3.05) is 26.2 Å². The fraction of sp³-hybridized carbons (Fsp3) is 0.800. The van der Waals surface area contributed by atoms with Gasteiger partial charge in [-0.1, -0.05) is 0 Å². The Hall–Kier alpha value is -1.30. The van der Waals surface area contributed by atoms with Crippen LogP contribution in [0.5, 0.6) is 0 Å². The molecule has 1 rings (SSSR count). The van der Waals surface area contributed by atoms with Crippen molar-refractivity contribution >= 4 is 12.0 Å². The van der Waals surface area contributed by atoms with Crippen molar-refractivity contribution in [1.29, 1.82) is 0 Å². The van der Waals surface area contributed by atoms with Crippen molar-refractivity contribution in [3.05, 3.63) is 0 Å². The molecule has 1 unspecified atom stereocenters. The standard InChI is InChI=1S/C10H19N3O3/c1-8(12-4-7-16-10(11)15)9(14)13-5-2-3-6-13/h8,12H,2-7H2,1H3,(H2,11,15). The van der Waals surface area contributed by atoms with Gasteiger partial charge in [-0.15, -0.1) is 0 Å². The molecular formula is C10H19N3O3. The van der Waals surface area contributed by atoms with Gasteiger partial charge in [0.1, 0.15) is 6.61 Å². The number of nitrogens with two attached hydrogens (primary N) is 1. The summed E-state index contributed by atoms with van der Waals surface area (Å²) in [5.74, 6) is 0.108. The van der Waals surface area contributed by atoms with Crippen molar-refractivity contribution < 1.29 is 14.3 Å². The Balaban J connectivity index is 2.15.